The van der Waals surface area contributed by atoms with Crippen LogP contribution < -0.4 is 4.57 Å². The molecule has 0 saturated heterocycles. The third kappa shape index (κ3) is 6.76. The summed E-state index contributed by atoms with van der Waals surface area (Å²) < 4.78 is 9.96. The SMILES string of the molecule is CCCCCCCCCCOCn1cc[n+](C)c1C. The Morgan fingerprint density at radius 1 is 1.05 bits per heavy atom. The first-order valence-corrected chi connectivity index (χ1v) is 7.84. The highest BCUT2D eigenvalue weighted by Crippen LogP contribution is 2.08. The van der Waals surface area contributed by atoms with Crippen LogP contribution in [0, 0.1) is 6.92 Å². The van der Waals surface area contributed by atoms with E-state index in [4.69, 9.17) is 4.74 Å². The van der Waals surface area contributed by atoms with Crippen molar-refractivity contribution in [1.82, 2.24) is 4.57 Å². The van der Waals surface area contributed by atoms with E-state index >= 15 is 0 Å². The third-order valence-corrected chi connectivity index (χ3v) is 3.77. The van der Waals surface area contributed by atoms with E-state index in [9.17, 15) is 0 Å². The molecule has 0 aliphatic carbocycles. The zero-order valence-corrected chi connectivity index (χ0v) is 13.0. The average Bonchev–Trinajstić information content (AvgIpc) is 2.73. The molecule has 0 radical (unpaired) electrons. The molecule has 3 heteroatoms. The molecule has 0 atom stereocenters. The highest BCUT2D eigenvalue weighted by molar-refractivity contribution is 4.77. The topological polar surface area (TPSA) is 18.0 Å². The lowest BCUT2D eigenvalue weighted by Crippen LogP contribution is -2.29. The van der Waals surface area contributed by atoms with Crippen LogP contribution in [0.25, 0.3) is 0 Å². The van der Waals surface area contributed by atoms with Crippen LogP contribution in [0.1, 0.15) is 64.1 Å². The number of unbranched alkanes of at least 4 members (excludes halogenated alkanes) is 7. The van der Waals surface area contributed by atoms with Crippen molar-refractivity contribution in [2.75, 3.05) is 6.61 Å². The highest BCUT2D eigenvalue weighted by Gasteiger charge is 2.07. The monoisotopic (exact) mass is 267 g/mol. The van der Waals surface area contributed by atoms with Crippen LogP contribution in [0.5, 0.6) is 0 Å². The second-order valence-corrected chi connectivity index (χ2v) is 5.44. The van der Waals surface area contributed by atoms with E-state index in [-0.39, 0.29) is 0 Å². The van der Waals surface area contributed by atoms with Crippen LogP contribution in [0.2, 0.25) is 0 Å². The molecule has 19 heavy (non-hydrogen) atoms. The quantitative estimate of drug-likeness (QED) is 0.441. The maximum absolute atomic E-state index is 5.71. The summed E-state index contributed by atoms with van der Waals surface area (Å²) in [5.41, 5.74) is 0. The summed E-state index contributed by atoms with van der Waals surface area (Å²) >= 11 is 0. The van der Waals surface area contributed by atoms with E-state index in [1.165, 1.54) is 57.2 Å². The van der Waals surface area contributed by atoms with Crippen LogP contribution in [0.15, 0.2) is 12.4 Å². The predicted octanol–water partition coefficient (Wildman–Crippen LogP) is 3.74. The van der Waals surface area contributed by atoms with E-state index in [0.29, 0.717) is 6.73 Å². The highest BCUT2D eigenvalue weighted by atomic mass is 16.5. The molecule has 0 bridgehead atoms. The number of hydrogen-bond donors (Lipinski definition) is 0. The number of aromatic nitrogens is 2. The third-order valence-electron chi connectivity index (χ3n) is 3.77. The Hall–Kier alpha value is -0.830. The molecule has 1 aromatic heterocycles. The molecule has 0 aliphatic rings. The fourth-order valence-electron chi connectivity index (χ4n) is 2.24. The van der Waals surface area contributed by atoms with Gasteiger partial charge in [0.05, 0.1) is 13.7 Å². The molecule has 3 nitrogen and oxygen atoms in total. The fourth-order valence-corrected chi connectivity index (χ4v) is 2.24. The van der Waals surface area contributed by atoms with Gasteiger partial charge < -0.3 is 4.74 Å². The fraction of sp³-hybridized carbons (Fsp3) is 0.812. The Labute approximate surface area is 118 Å². The molecule has 0 N–H and O–H groups in total. The zero-order valence-electron chi connectivity index (χ0n) is 13.0. The van der Waals surface area contributed by atoms with Crippen molar-refractivity contribution >= 4 is 0 Å². The van der Waals surface area contributed by atoms with E-state index in [1.54, 1.807) is 0 Å². The Morgan fingerprint density at radius 3 is 2.26 bits per heavy atom. The maximum Gasteiger partial charge on any atom is 0.254 e. The molecule has 0 saturated carbocycles. The average molecular weight is 267 g/mol. The second-order valence-electron chi connectivity index (χ2n) is 5.44. The Bertz CT molecular complexity index is 333. The van der Waals surface area contributed by atoms with Gasteiger partial charge in [-0.15, -0.1) is 0 Å². The van der Waals surface area contributed by atoms with E-state index < -0.39 is 0 Å². The summed E-state index contributed by atoms with van der Waals surface area (Å²) in [5.74, 6) is 1.23. The summed E-state index contributed by atoms with van der Waals surface area (Å²) in [6.45, 7) is 5.95. The van der Waals surface area contributed by atoms with Crippen molar-refractivity contribution in [3.8, 4) is 0 Å². The van der Waals surface area contributed by atoms with Gasteiger partial charge in [0.1, 0.15) is 12.4 Å². The lowest BCUT2D eigenvalue weighted by Gasteiger charge is -2.03. The number of nitrogens with zero attached hydrogens (tertiary/aromatic N) is 2. The number of rotatable bonds is 11. The molecule has 0 spiro atoms. The molecule has 110 valence electrons. The lowest BCUT2D eigenvalue weighted by molar-refractivity contribution is -0.677. The largest absolute Gasteiger partial charge is 0.342 e. The van der Waals surface area contributed by atoms with Crippen LogP contribution in [-0.2, 0) is 18.5 Å². The molecule has 0 aliphatic heterocycles. The molecule has 0 aromatic carbocycles. The maximum atomic E-state index is 5.71. The van der Waals surface area contributed by atoms with E-state index in [1.807, 2.05) is 0 Å². The molecule has 0 fully saturated rings. The van der Waals surface area contributed by atoms with Crippen LogP contribution >= 0.6 is 0 Å². The van der Waals surface area contributed by atoms with Crippen molar-refractivity contribution in [2.24, 2.45) is 7.05 Å². The van der Waals surface area contributed by atoms with Gasteiger partial charge in [0.25, 0.3) is 5.82 Å². The summed E-state index contributed by atoms with van der Waals surface area (Å²) in [7, 11) is 2.06. The molecule has 1 aromatic rings. The second kappa shape index (κ2) is 10.0. The van der Waals surface area contributed by atoms with Gasteiger partial charge in [-0.2, -0.15) is 0 Å². The van der Waals surface area contributed by atoms with Gasteiger partial charge in [-0.05, 0) is 6.42 Å². The predicted molar refractivity (Wildman–Crippen MR) is 78.9 cm³/mol. The first-order chi connectivity index (χ1) is 9.25. The molecule has 0 amide bonds. The van der Waals surface area contributed by atoms with Crippen LogP contribution in [-0.4, -0.2) is 11.2 Å². The first kappa shape index (κ1) is 16.2. The Balaban J connectivity index is 1.90. The van der Waals surface area contributed by atoms with Gasteiger partial charge in [0.15, 0.2) is 6.73 Å². The van der Waals surface area contributed by atoms with Gasteiger partial charge in [0.2, 0.25) is 0 Å². The zero-order chi connectivity index (χ0) is 13.9. The summed E-state index contributed by atoms with van der Waals surface area (Å²) in [6.07, 6.45) is 15.0. The van der Waals surface area contributed by atoms with E-state index in [2.05, 4.69) is 42.4 Å². The first-order valence-electron chi connectivity index (χ1n) is 7.84. The van der Waals surface area contributed by atoms with Gasteiger partial charge in [-0.25, -0.2) is 9.13 Å². The number of aryl methyl sites for hydroxylation is 1. The van der Waals surface area contributed by atoms with Crippen molar-refractivity contribution in [1.29, 1.82) is 0 Å². The van der Waals surface area contributed by atoms with Gasteiger partial charge in [-0.1, -0.05) is 51.9 Å². The standard InChI is InChI=1S/C16H31N2O/c1-4-5-6-7-8-9-10-11-14-19-15-18-13-12-17(3)16(18)2/h12-13H,4-11,14-15H2,1-3H3/q+1. The van der Waals surface area contributed by atoms with Gasteiger partial charge >= 0.3 is 0 Å². The number of imidazole rings is 1. The number of ether oxygens (including phenoxy) is 1. The van der Waals surface area contributed by atoms with E-state index in [0.717, 1.165) is 6.61 Å². The molecule has 1 heterocycles. The van der Waals surface area contributed by atoms with Crippen LogP contribution in [0.4, 0.5) is 0 Å². The summed E-state index contributed by atoms with van der Waals surface area (Å²) in [5, 5.41) is 0. The molecule has 0 unspecified atom stereocenters. The Morgan fingerprint density at radius 2 is 1.68 bits per heavy atom. The van der Waals surface area contributed by atoms with Crippen LogP contribution in [0.3, 0.4) is 0 Å². The Kier molecular flexibility index (Phi) is 8.55. The molecular formula is C16H31N2O+. The normalized spacial score (nSPS) is 11.1. The van der Waals surface area contributed by atoms with Crippen molar-refractivity contribution in [3.63, 3.8) is 0 Å². The summed E-state index contributed by atoms with van der Waals surface area (Å²) in [4.78, 5) is 0. The summed E-state index contributed by atoms with van der Waals surface area (Å²) in [6, 6.07) is 0. The molecular weight excluding hydrogens is 236 g/mol. The van der Waals surface area contributed by atoms with Gasteiger partial charge in [0, 0.05) is 6.92 Å². The smallest absolute Gasteiger partial charge is 0.254 e. The van der Waals surface area contributed by atoms with Gasteiger partial charge in [-0.3, -0.25) is 0 Å². The minimum atomic E-state index is 0.684. The lowest BCUT2D eigenvalue weighted by atomic mass is 10.1. The van der Waals surface area contributed by atoms with Crippen molar-refractivity contribution in [3.05, 3.63) is 18.2 Å². The molecule has 1 rings (SSSR count). The minimum absolute atomic E-state index is 0.684. The van der Waals surface area contributed by atoms with Crippen molar-refractivity contribution in [2.45, 2.75) is 71.9 Å². The number of hydrogen-bond acceptors (Lipinski definition) is 1. The van der Waals surface area contributed by atoms with Crippen molar-refractivity contribution < 1.29 is 9.30 Å². The minimum Gasteiger partial charge on any atom is -0.342 e.